The lowest BCUT2D eigenvalue weighted by atomic mass is 10.2. The molecular weight excluding hydrogens is 220 g/mol. The molecule has 0 saturated carbocycles. The Morgan fingerprint density at radius 3 is 2.82 bits per heavy atom. The molecule has 0 unspecified atom stereocenters. The standard InChI is InChI=1S/C11H18N4O2/c1-11(2,3)17-10(16)14-4-5-15-8(12)6-13-9(15)7-14/h6H,4-5,7,12H2,1-3H3. The molecule has 17 heavy (non-hydrogen) atoms. The Morgan fingerprint density at radius 2 is 2.18 bits per heavy atom. The van der Waals surface area contributed by atoms with Gasteiger partial charge in [-0.1, -0.05) is 0 Å². The molecule has 0 fully saturated rings. The largest absolute Gasteiger partial charge is 0.444 e. The van der Waals surface area contributed by atoms with Crippen LogP contribution in [-0.4, -0.2) is 32.7 Å². The molecule has 1 amide bonds. The second kappa shape index (κ2) is 3.94. The van der Waals surface area contributed by atoms with E-state index in [1.807, 2.05) is 25.3 Å². The van der Waals surface area contributed by atoms with E-state index in [0.717, 1.165) is 5.82 Å². The smallest absolute Gasteiger partial charge is 0.410 e. The number of nitrogens with two attached hydrogens (primary N) is 1. The second-order valence-electron chi connectivity index (χ2n) is 5.15. The van der Waals surface area contributed by atoms with Gasteiger partial charge in [0.05, 0.1) is 12.7 Å². The summed E-state index contributed by atoms with van der Waals surface area (Å²) >= 11 is 0. The van der Waals surface area contributed by atoms with Crippen molar-refractivity contribution in [1.82, 2.24) is 14.5 Å². The van der Waals surface area contributed by atoms with Crippen LogP contribution in [0, 0.1) is 0 Å². The fourth-order valence-electron chi connectivity index (χ4n) is 1.77. The van der Waals surface area contributed by atoms with Crippen molar-refractivity contribution in [2.75, 3.05) is 12.3 Å². The minimum Gasteiger partial charge on any atom is -0.444 e. The number of ether oxygens (including phenoxy) is 1. The van der Waals surface area contributed by atoms with Gasteiger partial charge in [-0.2, -0.15) is 0 Å². The van der Waals surface area contributed by atoms with Gasteiger partial charge in [-0.3, -0.25) is 4.90 Å². The van der Waals surface area contributed by atoms with Gasteiger partial charge in [-0.15, -0.1) is 0 Å². The average Bonchev–Trinajstić information content (AvgIpc) is 2.57. The van der Waals surface area contributed by atoms with E-state index >= 15 is 0 Å². The summed E-state index contributed by atoms with van der Waals surface area (Å²) in [6.07, 6.45) is 1.32. The number of amides is 1. The third-order valence-corrected chi connectivity index (χ3v) is 2.55. The number of carbonyl (C=O) groups is 1. The third-order valence-electron chi connectivity index (χ3n) is 2.55. The van der Waals surface area contributed by atoms with Crippen molar-refractivity contribution in [3.8, 4) is 0 Å². The molecule has 0 spiro atoms. The molecule has 0 aromatic carbocycles. The van der Waals surface area contributed by atoms with Crippen LogP contribution < -0.4 is 5.73 Å². The first-order valence-corrected chi connectivity index (χ1v) is 5.64. The average molecular weight is 238 g/mol. The summed E-state index contributed by atoms with van der Waals surface area (Å²) in [7, 11) is 0. The van der Waals surface area contributed by atoms with E-state index in [0.29, 0.717) is 25.5 Å². The lowest BCUT2D eigenvalue weighted by Gasteiger charge is -2.30. The molecule has 0 radical (unpaired) electrons. The van der Waals surface area contributed by atoms with Crippen LogP contribution in [0.15, 0.2) is 6.20 Å². The number of carbonyl (C=O) groups excluding carboxylic acids is 1. The summed E-state index contributed by atoms with van der Waals surface area (Å²) in [5, 5.41) is 0. The lowest BCUT2D eigenvalue weighted by molar-refractivity contribution is 0.0196. The first kappa shape index (κ1) is 11.8. The summed E-state index contributed by atoms with van der Waals surface area (Å²) in [6.45, 7) is 7.28. The number of hydrogen-bond donors (Lipinski definition) is 1. The van der Waals surface area contributed by atoms with E-state index in [9.17, 15) is 4.79 Å². The van der Waals surface area contributed by atoms with Crippen molar-refractivity contribution in [2.45, 2.75) is 39.5 Å². The van der Waals surface area contributed by atoms with E-state index in [2.05, 4.69) is 4.98 Å². The highest BCUT2D eigenvalue weighted by Crippen LogP contribution is 2.18. The third kappa shape index (κ3) is 2.51. The summed E-state index contributed by atoms with van der Waals surface area (Å²) in [5.41, 5.74) is 5.28. The Kier molecular flexibility index (Phi) is 2.73. The minimum absolute atomic E-state index is 0.301. The Bertz CT molecular complexity index is 433. The van der Waals surface area contributed by atoms with Gasteiger partial charge in [0.25, 0.3) is 0 Å². The molecule has 1 aliphatic heterocycles. The van der Waals surface area contributed by atoms with E-state index in [4.69, 9.17) is 10.5 Å². The van der Waals surface area contributed by atoms with Gasteiger partial charge in [0.2, 0.25) is 0 Å². The second-order valence-corrected chi connectivity index (χ2v) is 5.15. The zero-order valence-electron chi connectivity index (χ0n) is 10.4. The SMILES string of the molecule is CC(C)(C)OC(=O)N1CCn2c(N)cnc2C1. The van der Waals surface area contributed by atoms with Crippen LogP contribution in [0.4, 0.5) is 10.6 Å². The monoisotopic (exact) mass is 238 g/mol. The molecule has 1 aromatic heterocycles. The number of hydrogen-bond acceptors (Lipinski definition) is 4. The van der Waals surface area contributed by atoms with Crippen molar-refractivity contribution < 1.29 is 9.53 Å². The molecule has 6 nitrogen and oxygen atoms in total. The number of rotatable bonds is 0. The molecule has 0 saturated heterocycles. The Balaban J connectivity index is 2.05. The van der Waals surface area contributed by atoms with Gasteiger partial charge in [0.1, 0.15) is 17.2 Å². The fraction of sp³-hybridized carbons (Fsp3) is 0.636. The van der Waals surface area contributed by atoms with Gasteiger partial charge >= 0.3 is 6.09 Å². The molecule has 6 heteroatoms. The predicted octanol–water partition coefficient (Wildman–Crippen LogP) is 1.22. The number of nitrogens with zero attached hydrogens (tertiary/aromatic N) is 3. The molecule has 0 aliphatic carbocycles. The van der Waals surface area contributed by atoms with Crippen LogP contribution in [0.1, 0.15) is 26.6 Å². The molecule has 2 rings (SSSR count). The van der Waals surface area contributed by atoms with Crippen molar-refractivity contribution in [1.29, 1.82) is 0 Å². The van der Waals surface area contributed by atoms with Crippen LogP contribution in [0.25, 0.3) is 0 Å². The molecular formula is C11H18N4O2. The molecule has 1 aliphatic rings. The lowest BCUT2D eigenvalue weighted by Crippen LogP contribution is -2.41. The molecule has 0 atom stereocenters. The van der Waals surface area contributed by atoms with Crippen molar-refractivity contribution >= 4 is 11.9 Å². The van der Waals surface area contributed by atoms with Crippen LogP contribution in [0.3, 0.4) is 0 Å². The van der Waals surface area contributed by atoms with E-state index in [-0.39, 0.29) is 6.09 Å². The van der Waals surface area contributed by atoms with Gasteiger partial charge < -0.3 is 15.0 Å². The number of aromatic nitrogens is 2. The maximum atomic E-state index is 11.9. The van der Waals surface area contributed by atoms with E-state index < -0.39 is 5.60 Å². The van der Waals surface area contributed by atoms with E-state index in [1.54, 1.807) is 11.1 Å². The Morgan fingerprint density at radius 1 is 1.47 bits per heavy atom. The van der Waals surface area contributed by atoms with Gasteiger partial charge in [0, 0.05) is 13.1 Å². The van der Waals surface area contributed by atoms with Gasteiger partial charge in [-0.25, -0.2) is 9.78 Å². The van der Waals surface area contributed by atoms with Crippen LogP contribution in [0.2, 0.25) is 0 Å². The highest BCUT2D eigenvalue weighted by Gasteiger charge is 2.26. The zero-order chi connectivity index (χ0) is 12.6. The molecule has 94 valence electrons. The number of imidazole rings is 1. The fourth-order valence-corrected chi connectivity index (χ4v) is 1.77. The number of nitrogen functional groups attached to an aromatic ring is 1. The predicted molar refractivity (Wildman–Crippen MR) is 63.3 cm³/mol. The highest BCUT2D eigenvalue weighted by atomic mass is 16.6. The summed E-state index contributed by atoms with van der Waals surface area (Å²) in [4.78, 5) is 17.7. The van der Waals surface area contributed by atoms with Crippen molar-refractivity contribution in [3.63, 3.8) is 0 Å². The number of fused-ring (bicyclic) bond motifs is 1. The van der Waals surface area contributed by atoms with Crippen LogP contribution in [0.5, 0.6) is 0 Å². The maximum Gasteiger partial charge on any atom is 0.410 e. The van der Waals surface area contributed by atoms with Crippen LogP contribution >= 0.6 is 0 Å². The summed E-state index contributed by atoms with van der Waals surface area (Å²) in [6, 6.07) is 0. The van der Waals surface area contributed by atoms with E-state index in [1.165, 1.54) is 0 Å². The molecule has 1 aromatic rings. The molecule has 2 N–H and O–H groups in total. The Hall–Kier alpha value is -1.72. The summed E-state index contributed by atoms with van der Waals surface area (Å²) in [5.74, 6) is 1.45. The highest BCUT2D eigenvalue weighted by molar-refractivity contribution is 5.68. The Labute approximate surface area is 100 Å². The maximum absolute atomic E-state index is 11.9. The van der Waals surface area contributed by atoms with Crippen molar-refractivity contribution in [2.24, 2.45) is 0 Å². The van der Waals surface area contributed by atoms with Crippen molar-refractivity contribution in [3.05, 3.63) is 12.0 Å². The number of anilines is 1. The normalized spacial score (nSPS) is 15.6. The first-order chi connectivity index (χ1) is 7.87. The topological polar surface area (TPSA) is 73.4 Å². The quantitative estimate of drug-likeness (QED) is 0.737. The summed E-state index contributed by atoms with van der Waals surface area (Å²) < 4.78 is 7.24. The first-order valence-electron chi connectivity index (χ1n) is 5.64. The van der Waals surface area contributed by atoms with Gasteiger partial charge in [0.15, 0.2) is 0 Å². The zero-order valence-corrected chi connectivity index (χ0v) is 10.4. The van der Waals surface area contributed by atoms with Crippen LogP contribution in [-0.2, 0) is 17.8 Å². The minimum atomic E-state index is -0.469. The molecule has 2 heterocycles. The van der Waals surface area contributed by atoms with Gasteiger partial charge in [-0.05, 0) is 20.8 Å². The molecule has 0 bridgehead atoms.